The summed E-state index contributed by atoms with van der Waals surface area (Å²) in [5, 5.41) is 13.8. The molecule has 0 heterocycles. The second-order valence-electron chi connectivity index (χ2n) is 6.55. The summed E-state index contributed by atoms with van der Waals surface area (Å²) < 4.78 is 11.7. The van der Waals surface area contributed by atoms with Crippen LogP contribution in [0.1, 0.15) is 28.4 Å². The van der Waals surface area contributed by atoms with Gasteiger partial charge in [0.1, 0.15) is 6.61 Å². The van der Waals surface area contributed by atoms with Crippen LogP contribution in [0, 0.1) is 0 Å². The third-order valence-electron chi connectivity index (χ3n) is 4.46. The van der Waals surface area contributed by atoms with Crippen LogP contribution in [0.2, 0.25) is 15.1 Å². The fraction of sp³-hybridized carbons (Fsp3) is 0.174. The summed E-state index contributed by atoms with van der Waals surface area (Å²) in [4.78, 5) is 11.0. The number of rotatable bonds is 9. The van der Waals surface area contributed by atoms with E-state index in [1.165, 1.54) is 12.1 Å². The molecule has 0 radical (unpaired) electrons. The minimum atomic E-state index is -0.968. The van der Waals surface area contributed by atoms with E-state index in [-0.39, 0.29) is 12.2 Å². The number of ether oxygens (including phenoxy) is 2. The van der Waals surface area contributed by atoms with Gasteiger partial charge in [0.2, 0.25) is 0 Å². The van der Waals surface area contributed by atoms with Crippen LogP contribution in [-0.2, 0) is 13.2 Å². The molecule has 31 heavy (non-hydrogen) atoms. The van der Waals surface area contributed by atoms with Crippen LogP contribution < -0.4 is 14.8 Å². The number of hydrogen-bond donors (Lipinski definition) is 2. The molecule has 2 N–H and O–H groups in total. The van der Waals surface area contributed by atoms with E-state index in [0.29, 0.717) is 45.3 Å². The lowest BCUT2D eigenvalue weighted by atomic mass is 10.1. The first-order valence-corrected chi connectivity index (χ1v) is 10.6. The van der Waals surface area contributed by atoms with Gasteiger partial charge >= 0.3 is 5.97 Å². The van der Waals surface area contributed by atoms with Crippen molar-refractivity contribution in [2.24, 2.45) is 0 Å². The molecule has 0 amide bonds. The van der Waals surface area contributed by atoms with Gasteiger partial charge in [-0.1, -0.05) is 40.9 Å². The average Bonchev–Trinajstić information content (AvgIpc) is 2.74. The van der Waals surface area contributed by atoms with Crippen LogP contribution in [0.5, 0.6) is 11.5 Å². The Labute approximate surface area is 195 Å². The molecule has 3 aromatic rings. The molecule has 0 saturated carbocycles. The van der Waals surface area contributed by atoms with E-state index < -0.39 is 5.97 Å². The van der Waals surface area contributed by atoms with Crippen LogP contribution >= 0.6 is 34.8 Å². The van der Waals surface area contributed by atoms with E-state index in [1.807, 2.05) is 13.0 Å². The van der Waals surface area contributed by atoms with Crippen LogP contribution in [0.25, 0.3) is 0 Å². The average molecular weight is 481 g/mol. The number of nitrogens with one attached hydrogen (secondary N) is 1. The SMILES string of the molecule is CCOc1cc(CNc2ccc(C(=O)O)cc2)c(Cl)cc1OCc1c(Cl)cccc1Cl. The molecule has 8 heteroatoms. The largest absolute Gasteiger partial charge is 0.490 e. The highest BCUT2D eigenvalue weighted by molar-refractivity contribution is 6.36. The molecular weight excluding hydrogens is 461 g/mol. The topological polar surface area (TPSA) is 67.8 Å². The minimum absolute atomic E-state index is 0.169. The Morgan fingerprint density at radius 1 is 0.935 bits per heavy atom. The molecule has 0 unspecified atom stereocenters. The van der Waals surface area contributed by atoms with Crippen molar-refractivity contribution in [3.05, 3.63) is 86.4 Å². The first-order valence-electron chi connectivity index (χ1n) is 9.47. The summed E-state index contributed by atoms with van der Waals surface area (Å²) in [6.45, 7) is 2.92. The van der Waals surface area contributed by atoms with Crippen molar-refractivity contribution >= 4 is 46.5 Å². The van der Waals surface area contributed by atoms with E-state index in [4.69, 9.17) is 49.4 Å². The Bertz CT molecular complexity index is 1050. The molecule has 0 aliphatic rings. The van der Waals surface area contributed by atoms with Crippen molar-refractivity contribution in [3.63, 3.8) is 0 Å². The third kappa shape index (κ3) is 5.97. The van der Waals surface area contributed by atoms with Crippen molar-refractivity contribution in [1.82, 2.24) is 0 Å². The first kappa shape index (κ1) is 23.1. The Kier molecular flexibility index (Phi) is 7.91. The van der Waals surface area contributed by atoms with E-state index >= 15 is 0 Å². The predicted molar refractivity (Wildman–Crippen MR) is 124 cm³/mol. The summed E-state index contributed by atoms with van der Waals surface area (Å²) in [7, 11) is 0. The lowest BCUT2D eigenvalue weighted by molar-refractivity contribution is 0.0697. The summed E-state index contributed by atoms with van der Waals surface area (Å²) in [6.07, 6.45) is 0. The fourth-order valence-electron chi connectivity index (χ4n) is 2.84. The number of hydrogen-bond acceptors (Lipinski definition) is 4. The predicted octanol–water partition coefficient (Wildman–Crippen LogP) is 6.93. The molecule has 0 aromatic heterocycles. The molecule has 0 fully saturated rings. The Balaban J connectivity index is 1.75. The molecule has 0 atom stereocenters. The van der Waals surface area contributed by atoms with Gasteiger partial charge in [-0.3, -0.25) is 0 Å². The lowest BCUT2D eigenvalue weighted by Gasteiger charge is -2.16. The van der Waals surface area contributed by atoms with Crippen molar-refractivity contribution in [3.8, 4) is 11.5 Å². The lowest BCUT2D eigenvalue weighted by Crippen LogP contribution is -2.05. The van der Waals surface area contributed by atoms with Gasteiger partial charge in [0, 0.05) is 38.9 Å². The van der Waals surface area contributed by atoms with Gasteiger partial charge in [0.15, 0.2) is 11.5 Å². The second-order valence-corrected chi connectivity index (χ2v) is 7.77. The zero-order valence-corrected chi connectivity index (χ0v) is 18.9. The highest BCUT2D eigenvalue weighted by Crippen LogP contribution is 2.35. The van der Waals surface area contributed by atoms with E-state index in [9.17, 15) is 4.79 Å². The summed E-state index contributed by atoms with van der Waals surface area (Å²) in [5.41, 5.74) is 2.48. The van der Waals surface area contributed by atoms with Crippen LogP contribution in [-0.4, -0.2) is 17.7 Å². The summed E-state index contributed by atoms with van der Waals surface area (Å²) in [5.74, 6) is 0.0649. The van der Waals surface area contributed by atoms with Crippen LogP contribution in [0.15, 0.2) is 54.6 Å². The van der Waals surface area contributed by atoms with Gasteiger partial charge in [-0.25, -0.2) is 4.79 Å². The minimum Gasteiger partial charge on any atom is -0.490 e. The molecule has 0 spiro atoms. The molecule has 3 aromatic carbocycles. The molecule has 0 aliphatic heterocycles. The monoisotopic (exact) mass is 479 g/mol. The Morgan fingerprint density at radius 3 is 2.19 bits per heavy atom. The van der Waals surface area contributed by atoms with Crippen molar-refractivity contribution < 1.29 is 19.4 Å². The number of carboxylic acid groups (broad SMARTS) is 1. The molecule has 0 bridgehead atoms. The van der Waals surface area contributed by atoms with E-state index in [0.717, 1.165) is 11.3 Å². The molecule has 3 rings (SSSR count). The first-order chi connectivity index (χ1) is 14.9. The summed E-state index contributed by atoms with van der Waals surface area (Å²) in [6, 6.07) is 15.3. The van der Waals surface area contributed by atoms with E-state index in [1.54, 1.807) is 36.4 Å². The Morgan fingerprint density at radius 2 is 1.58 bits per heavy atom. The van der Waals surface area contributed by atoms with Crippen LogP contribution in [0.4, 0.5) is 5.69 Å². The van der Waals surface area contributed by atoms with Crippen molar-refractivity contribution in [1.29, 1.82) is 0 Å². The number of aromatic carboxylic acids is 1. The quantitative estimate of drug-likeness (QED) is 0.347. The third-order valence-corrected chi connectivity index (χ3v) is 5.52. The van der Waals surface area contributed by atoms with Gasteiger partial charge in [-0.15, -0.1) is 0 Å². The smallest absolute Gasteiger partial charge is 0.335 e. The van der Waals surface area contributed by atoms with Gasteiger partial charge in [-0.2, -0.15) is 0 Å². The number of benzene rings is 3. The maximum atomic E-state index is 11.0. The highest BCUT2D eigenvalue weighted by atomic mass is 35.5. The fourth-order valence-corrected chi connectivity index (χ4v) is 3.57. The van der Waals surface area contributed by atoms with Crippen molar-refractivity contribution in [2.45, 2.75) is 20.1 Å². The van der Waals surface area contributed by atoms with Crippen molar-refractivity contribution in [2.75, 3.05) is 11.9 Å². The van der Waals surface area contributed by atoms with E-state index in [2.05, 4.69) is 5.32 Å². The van der Waals surface area contributed by atoms with Crippen LogP contribution in [0.3, 0.4) is 0 Å². The van der Waals surface area contributed by atoms with Gasteiger partial charge in [0.05, 0.1) is 12.2 Å². The molecule has 162 valence electrons. The maximum absolute atomic E-state index is 11.0. The maximum Gasteiger partial charge on any atom is 0.335 e. The standard InChI is InChI=1S/C23H20Cl3NO4/c1-2-30-21-10-15(12-27-16-8-6-14(7-9-16)23(28)29)20(26)11-22(21)31-13-17-18(24)4-3-5-19(17)25/h3-11,27H,2,12-13H2,1H3,(H,28,29). The molecular formula is C23H20Cl3NO4. The van der Waals surface area contributed by atoms with Gasteiger partial charge in [-0.05, 0) is 55.0 Å². The highest BCUT2D eigenvalue weighted by Gasteiger charge is 2.14. The molecule has 0 saturated heterocycles. The van der Waals surface area contributed by atoms with Gasteiger partial charge < -0.3 is 19.9 Å². The second kappa shape index (κ2) is 10.6. The number of halogens is 3. The number of carbonyl (C=O) groups is 1. The van der Waals surface area contributed by atoms with Gasteiger partial charge in [0.25, 0.3) is 0 Å². The zero-order valence-electron chi connectivity index (χ0n) is 16.6. The number of carboxylic acids is 1. The normalized spacial score (nSPS) is 10.6. The molecule has 5 nitrogen and oxygen atoms in total. The number of anilines is 1. The zero-order chi connectivity index (χ0) is 22.4. The summed E-state index contributed by atoms with van der Waals surface area (Å²) >= 11 is 18.9. The molecule has 0 aliphatic carbocycles. The Hall–Kier alpha value is -2.60.